The van der Waals surface area contributed by atoms with E-state index >= 15 is 0 Å². The maximum Gasteiger partial charge on any atom is 0.0423 e. The van der Waals surface area contributed by atoms with Gasteiger partial charge in [-0.2, -0.15) is 0 Å². The van der Waals surface area contributed by atoms with Gasteiger partial charge in [-0.1, -0.05) is 5.11 Å². The molecule has 0 spiro atoms. The summed E-state index contributed by atoms with van der Waals surface area (Å²) < 4.78 is 0. The molecule has 0 aromatic heterocycles. The molecule has 0 amide bonds. The summed E-state index contributed by atoms with van der Waals surface area (Å²) >= 11 is 0. The topological polar surface area (TPSA) is 96.5 Å². The summed E-state index contributed by atoms with van der Waals surface area (Å²) in [5, 5.41) is 17.0. The number of hydrogen-bond donors (Lipinski definition) is 2. The first-order valence-corrected chi connectivity index (χ1v) is 2.72. The van der Waals surface area contributed by atoms with E-state index in [2.05, 4.69) is 10.0 Å². The molecular formula is C5H9N5. The predicted octanol–water partition coefficient (Wildman–Crippen LogP) is 1.60. The Morgan fingerprint density at radius 3 is 2.40 bits per heavy atom. The molecule has 2 N–H and O–H groups in total. The lowest BCUT2D eigenvalue weighted by atomic mass is 9.95. The zero-order valence-electron chi connectivity index (χ0n) is 5.70. The Hall–Kier alpha value is -1.35. The van der Waals surface area contributed by atoms with E-state index in [4.69, 9.17) is 16.3 Å². The van der Waals surface area contributed by atoms with Crippen molar-refractivity contribution in [2.75, 3.05) is 6.54 Å². The lowest BCUT2D eigenvalue weighted by Gasteiger charge is -2.13. The highest BCUT2D eigenvalue weighted by Gasteiger charge is 2.15. The summed E-state index contributed by atoms with van der Waals surface area (Å²) in [6.45, 7) is 1.79. The van der Waals surface area contributed by atoms with Gasteiger partial charge in [0.25, 0.3) is 0 Å². The largest absolute Gasteiger partial charge is 0.312 e. The molecule has 0 heterocycles. The molecule has 0 aromatic rings. The highest BCUT2D eigenvalue weighted by Crippen LogP contribution is 2.08. The summed E-state index contributed by atoms with van der Waals surface area (Å²) in [4.78, 5) is 2.53. The average molecular weight is 139 g/mol. The van der Waals surface area contributed by atoms with Crippen LogP contribution in [0, 0.1) is 16.2 Å². The van der Waals surface area contributed by atoms with Crippen molar-refractivity contribution in [3.05, 3.63) is 10.4 Å². The van der Waals surface area contributed by atoms with Crippen molar-refractivity contribution < 1.29 is 0 Å². The van der Waals surface area contributed by atoms with E-state index < -0.39 is 5.41 Å². The molecule has 0 fully saturated rings. The fourth-order valence-corrected chi connectivity index (χ4v) is 0.317. The van der Waals surface area contributed by atoms with Gasteiger partial charge in [0.05, 0.1) is 0 Å². The number of nitrogens with zero attached hydrogens (tertiary/aromatic N) is 3. The number of nitrogens with one attached hydrogen (secondary N) is 2. The smallest absolute Gasteiger partial charge is 0.0423 e. The molecule has 0 bridgehead atoms. The first-order chi connectivity index (χ1) is 4.68. The fourth-order valence-electron chi connectivity index (χ4n) is 0.317. The van der Waals surface area contributed by atoms with E-state index in [0.717, 1.165) is 12.4 Å². The maximum absolute atomic E-state index is 7.93. The van der Waals surface area contributed by atoms with Crippen LogP contribution in [0.15, 0.2) is 5.11 Å². The molecule has 0 saturated heterocycles. The highest BCUT2D eigenvalue weighted by molar-refractivity contribution is 5.86. The highest BCUT2D eigenvalue weighted by atomic mass is 15.1. The van der Waals surface area contributed by atoms with Crippen LogP contribution < -0.4 is 0 Å². The second-order valence-electron chi connectivity index (χ2n) is 2.18. The molecule has 0 aliphatic rings. The van der Waals surface area contributed by atoms with E-state index in [0.29, 0.717) is 0 Å². The van der Waals surface area contributed by atoms with Crippen molar-refractivity contribution in [2.24, 2.45) is 10.5 Å². The normalized spacial score (nSPS) is 14.5. The molecule has 5 nitrogen and oxygen atoms in total. The van der Waals surface area contributed by atoms with Crippen LogP contribution in [0.2, 0.25) is 0 Å². The van der Waals surface area contributed by atoms with Crippen molar-refractivity contribution in [3.63, 3.8) is 0 Å². The minimum Gasteiger partial charge on any atom is -0.312 e. The first kappa shape index (κ1) is 8.65. The van der Waals surface area contributed by atoms with Gasteiger partial charge in [-0.05, 0) is 12.5 Å². The van der Waals surface area contributed by atoms with Crippen LogP contribution in [0.4, 0.5) is 0 Å². The van der Waals surface area contributed by atoms with E-state index in [1.807, 2.05) is 0 Å². The Morgan fingerprint density at radius 2 is 2.10 bits per heavy atom. The van der Waals surface area contributed by atoms with Crippen molar-refractivity contribution in [1.29, 1.82) is 10.8 Å². The Labute approximate surface area is 58.7 Å². The molecule has 0 aliphatic heterocycles. The van der Waals surface area contributed by atoms with Gasteiger partial charge in [-0.15, -0.1) is 0 Å². The van der Waals surface area contributed by atoms with Gasteiger partial charge in [-0.25, -0.2) is 0 Å². The zero-order chi connectivity index (χ0) is 8.04. The summed E-state index contributed by atoms with van der Waals surface area (Å²) in [7, 11) is 0. The summed E-state index contributed by atoms with van der Waals surface area (Å²) in [6.07, 6.45) is 2.18. The summed E-state index contributed by atoms with van der Waals surface area (Å²) in [5.74, 6) is 0. The van der Waals surface area contributed by atoms with E-state index in [1.165, 1.54) is 0 Å². The summed E-state index contributed by atoms with van der Waals surface area (Å²) in [5.41, 5.74) is 7.23. The molecule has 54 valence electrons. The third-order valence-corrected chi connectivity index (χ3v) is 1.13. The van der Waals surface area contributed by atoms with Crippen LogP contribution in [0.3, 0.4) is 0 Å². The fraction of sp³-hybridized carbons (Fsp3) is 0.600. The average Bonchev–Trinajstić information content (AvgIpc) is 2.00. The Balaban J connectivity index is 4.18. The standard InChI is InChI=1S/C5H9N5/c1-5(2-6,3-7)4-9-10-8/h2-3,6-7H,4H2,1H3. The van der Waals surface area contributed by atoms with Gasteiger partial charge in [-0.3, -0.25) is 0 Å². The molecule has 0 atom stereocenters. The maximum atomic E-state index is 7.93. The van der Waals surface area contributed by atoms with Crippen molar-refractivity contribution >= 4 is 12.4 Å². The van der Waals surface area contributed by atoms with E-state index in [9.17, 15) is 0 Å². The van der Waals surface area contributed by atoms with Crippen LogP contribution >= 0.6 is 0 Å². The van der Waals surface area contributed by atoms with Gasteiger partial charge in [0.15, 0.2) is 0 Å². The van der Waals surface area contributed by atoms with Crippen molar-refractivity contribution in [2.45, 2.75) is 6.92 Å². The number of rotatable bonds is 4. The van der Waals surface area contributed by atoms with Crippen molar-refractivity contribution in [3.8, 4) is 0 Å². The van der Waals surface area contributed by atoms with Crippen LogP contribution in [0.5, 0.6) is 0 Å². The Morgan fingerprint density at radius 1 is 1.60 bits per heavy atom. The summed E-state index contributed by atoms with van der Waals surface area (Å²) in [6, 6.07) is 0. The van der Waals surface area contributed by atoms with Crippen LogP contribution in [0.1, 0.15) is 6.92 Å². The molecule has 0 rings (SSSR count). The predicted molar refractivity (Wildman–Crippen MR) is 39.7 cm³/mol. The second kappa shape index (κ2) is 3.63. The lowest BCUT2D eigenvalue weighted by Crippen LogP contribution is -2.22. The monoisotopic (exact) mass is 139 g/mol. The minimum absolute atomic E-state index is 0.135. The molecule has 0 radical (unpaired) electrons. The SMILES string of the molecule is CC(C=N)(C=N)CN=[N+]=[N-]. The first-order valence-electron chi connectivity index (χ1n) is 2.72. The third kappa shape index (κ3) is 2.28. The van der Waals surface area contributed by atoms with E-state index in [1.54, 1.807) is 6.92 Å². The van der Waals surface area contributed by atoms with Gasteiger partial charge >= 0.3 is 0 Å². The van der Waals surface area contributed by atoms with E-state index in [-0.39, 0.29) is 6.54 Å². The molecule has 0 aliphatic carbocycles. The van der Waals surface area contributed by atoms with Crippen molar-refractivity contribution in [1.82, 2.24) is 0 Å². The second-order valence-corrected chi connectivity index (χ2v) is 2.18. The molecular weight excluding hydrogens is 130 g/mol. The quantitative estimate of drug-likeness (QED) is 0.256. The number of azide groups is 1. The zero-order valence-corrected chi connectivity index (χ0v) is 5.70. The van der Waals surface area contributed by atoms with Gasteiger partial charge in [0.2, 0.25) is 0 Å². The van der Waals surface area contributed by atoms with Gasteiger partial charge < -0.3 is 10.8 Å². The Kier molecular flexibility index (Phi) is 3.14. The molecule has 10 heavy (non-hydrogen) atoms. The van der Waals surface area contributed by atoms with Gasteiger partial charge in [0.1, 0.15) is 0 Å². The molecule has 0 aromatic carbocycles. The number of hydrogen-bond acceptors (Lipinski definition) is 3. The molecule has 5 heteroatoms. The minimum atomic E-state index is -0.702. The Bertz CT molecular complexity index is 170. The van der Waals surface area contributed by atoms with Crippen LogP contribution in [-0.2, 0) is 0 Å². The van der Waals surface area contributed by atoms with Crippen LogP contribution in [-0.4, -0.2) is 19.0 Å². The third-order valence-electron chi connectivity index (χ3n) is 1.13. The van der Waals surface area contributed by atoms with Crippen LogP contribution in [0.25, 0.3) is 10.4 Å². The molecule has 0 unspecified atom stereocenters. The van der Waals surface area contributed by atoms with Gasteiger partial charge in [0, 0.05) is 29.3 Å². The molecule has 0 saturated carbocycles. The lowest BCUT2D eigenvalue weighted by molar-refractivity contribution is 0.675.